The summed E-state index contributed by atoms with van der Waals surface area (Å²) in [4.78, 5) is 23.5. The lowest BCUT2D eigenvalue weighted by atomic mass is 9.85. The lowest BCUT2D eigenvalue weighted by molar-refractivity contribution is -0.142. The van der Waals surface area contributed by atoms with Crippen LogP contribution < -0.4 is 5.32 Å². The zero-order chi connectivity index (χ0) is 19.7. The molecule has 0 unspecified atom stereocenters. The van der Waals surface area contributed by atoms with Crippen molar-refractivity contribution in [3.8, 4) is 0 Å². The minimum atomic E-state index is -0.882. The van der Waals surface area contributed by atoms with Crippen molar-refractivity contribution in [1.82, 2.24) is 5.32 Å². The predicted molar refractivity (Wildman–Crippen MR) is 112 cm³/mol. The topological polar surface area (TPSA) is 66.4 Å². The van der Waals surface area contributed by atoms with Gasteiger partial charge in [0.05, 0.1) is 0 Å². The Labute approximate surface area is 166 Å². The fourth-order valence-corrected chi connectivity index (χ4v) is 4.19. The van der Waals surface area contributed by atoms with E-state index < -0.39 is 12.0 Å². The Morgan fingerprint density at radius 1 is 0.852 bits per heavy atom. The van der Waals surface area contributed by atoms with Gasteiger partial charge in [0.2, 0.25) is 5.91 Å². The third-order valence-electron chi connectivity index (χ3n) is 5.93. The summed E-state index contributed by atoms with van der Waals surface area (Å²) in [7, 11) is 0. The van der Waals surface area contributed by atoms with E-state index in [2.05, 4.69) is 12.2 Å². The summed E-state index contributed by atoms with van der Waals surface area (Å²) in [5.41, 5.74) is 0. The van der Waals surface area contributed by atoms with E-state index >= 15 is 0 Å². The molecule has 1 rings (SSSR count). The molecule has 0 saturated heterocycles. The van der Waals surface area contributed by atoms with E-state index in [0.29, 0.717) is 18.8 Å². The van der Waals surface area contributed by atoms with Crippen LogP contribution in [-0.4, -0.2) is 23.0 Å². The maximum absolute atomic E-state index is 12.1. The van der Waals surface area contributed by atoms with E-state index in [1.54, 1.807) is 0 Å². The van der Waals surface area contributed by atoms with Crippen molar-refractivity contribution in [3.05, 3.63) is 0 Å². The molecular weight excluding hydrogens is 338 g/mol. The number of hydrogen-bond acceptors (Lipinski definition) is 2. The zero-order valence-corrected chi connectivity index (χ0v) is 17.6. The number of carbonyl (C=O) groups is 2. The van der Waals surface area contributed by atoms with Crippen molar-refractivity contribution in [2.75, 3.05) is 0 Å². The fraction of sp³-hybridized carbons (Fsp3) is 0.913. The van der Waals surface area contributed by atoms with Crippen LogP contribution in [0.3, 0.4) is 0 Å². The van der Waals surface area contributed by atoms with Gasteiger partial charge in [-0.3, -0.25) is 4.79 Å². The Morgan fingerprint density at radius 2 is 1.37 bits per heavy atom. The maximum Gasteiger partial charge on any atom is 0.326 e. The molecule has 0 aromatic carbocycles. The van der Waals surface area contributed by atoms with Gasteiger partial charge in [0.1, 0.15) is 6.04 Å². The van der Waals surface area contributed by atoms with Gasteiger partial charge in [-0.2, -0.15) is 0 Å². The third kappa shape index (κ3) is 12.9. The Hall–Kier alpha value is -1.06. The van der Waals surface area contributed by atoms with E-state index in [4.69, 9.17) is 0 Å². The van der Waals surface area contributed by atoms with Crippen molar-refractivity contribution < 1.29 is 14.7 Å². The van der Waals surface area contributed by atoms with E-state index in [1.807, 2.05) is 0 Å². The average molecular weight is 382 g/mol. The molecule has 4 heteroatoms. The second-order valence-corrected chi connectivity index (χ2v) is 8.48. The van der Waals surface area contributed by atoms with Crippen LogP contribution in [0.4, 0.5) is 0 Å². The molecule has 0 spiro atoms. The minimum Gasteiger partial charge on any atom is -0.480 e. The first-order valence-corrected chi connectivity index (χ1v) is 11.7. The van der Waals surface area contributed by atoms with Gasteiger partial charge in [0.15, 0.2) is 0 Å². The summed E-state index contributed by atoms with van der Waals surface area (Å²) in [6.45, 7) is 2.25. The molecule has 4 nitrogen and oxygen atoms in total. The maximum atomic E-state index is 12.1. The molecule has 1 aliphatic carbocycles. The fourth-order valence-electron chi connectivity index (χ4n) is 4.19. The van der Waals surface area contributed by atoms with Crippen molar-refractivity contribution in [1.29, 1.82) is 0 Å². The van der Waals surface area contributed by atoms with Gasteiger partial charge in [-0.1, -0.05) is 103 Å². The number of rotatable bonds is 16. The molecule has 1 aliphatic rings. The molecule has 2 N–H and O–H groups in total. The van der Waals surface area contributed by atoms with Gasteiger partial charge < -0.3 is 10.4 Å². The number of carboxylic acid groups (broad SMARTS) is 1. The summed E-state index contributed by atoms with van der Waals surface area (Å²) < 4.78 is 0. The van der Waals surface area contributed by atoms with E-state index in [1.165, 1.54) is 77.0 Å². The Morgan fingerprint density at radius 3 is 1.89 bits per heavy atom. The Bertz CT molecular complexity index is 391. The first kappa shape index (κ1) is 24.0. The number of unbranched alkanes of at least 4 members (excludes halogenated alkanes) is 10. The Kier molecular flexibility index (Phi) is 14.2. The van der Waals surface area contributed by atoms with Crippen LogP contribution in [0.15, 0.2) is 0 Å². The summed E-state index contributed by atoms with van der Waals surface area (Å²) in [5, 5.41) is 12.2. The lowest BCUT2D eigenvalue weighted by Gasteiger charge is -2.25. The normalized spacial score (nSPS) is 16.2. The highest BCUT2D eigenvalue weighted by molar-refractivity contribution is 5.83. The molecule has 27 heavy (non-hydrogen) atoms. The van der Waals surface area contributed by atoms with Gasteiger partial charge in [0.25, 0.3) is 0 Å². The molecule has 1 amide bonds. The highest BCUT2D eigenvalue weighted by atomic mass is 16.4. The van der Waals surface area contributed by atoms with Crippen LogP contribution in [0.25, 0.3) is 0 Å². The quantitative estimate of drug-likeness (QED) is 0.312. The molecule has 1 fully saturated rings. The lowest BCUT2D eigenvalue weighted by Crippen LogP contribution is -2.42. The highest BCUT2D eigenvalue weighted by Gasteiger charge is 2.25. The smallest absolute Gasteiger partial charge is 0.326 e. The van der Waals surface area contributed by atoms with Crippen LogP contribution in [0.2, 0.25) is 0 Å². The van der Waals surface area contributed by atoms with Crippen LogP contribution in [0.5, 0.6) is 0 Å². The van der Waals surface area contributed by atoms with E-state index in [-0.39, 0.29) is 5.91 Å². The molecule has 0 aromatic rings. The SMILES string of the molecule is CCCCCCCCCCCCCC(=O)N[C@@H](CC1CCCCC1)C(=O)O. The van der Waals surface area contributed by atoms with E-state index in [0.717, 1.165) is 25.7 Å². The summed E-state index contributed by atoms with van der Waals surface area (Å²) in [6, 6.07) is -0.701. The number of carboxylic acids is 1. The predicted octanol–water partition coefficient (Wildman–Crippen LogP) is 6.23. The summed E-state index contributed by atoms with van der Waals surface area (Å²) in [6.07, 6.45) is 20.8. The number of amides is 1. The Balaban J connectivity index is 2.02. The molecule has 0 aliphatic heterocycles. The summed E-state index contributed by atoms with van der Waals surface area (Å²) in [5.74, 6) is -0.510. The molecule has 0 heterocycles. The first-order valence-electron chi connectivity index (χ1n) is 11.7. The molecule has 0 bridgehead atoms. The van der Waals surface area contributed by atoms with Crippen LogP contribution >= 0.6 is 0 Å². The number of aliphatic carboxylic acids is 1. The average Bonchev–Trinajstić information content (AvgIpc) is 2.66. The van der Waals surface area contributed by atoms with Crippen molar-refractivity contribution in [2.24, 2.45) is 5.92 Å². The number of carbonyl (C=O) groups excluding carboxylic acids is 1. The highest BCUT2D eigenvalue weighted by Crippen LogP contribution is 2.27. The largest absolute Gasteiger partial charge is 0.480 e. The molecular formula is C23H43NO3. The molecule has 0 aromatic heterocycles. The second kappa shape index (κ2) is 15.9. The van der Waals surface area contributed by atoms with Crippen LogP contribution in [0.1, 0.15) is 122 Å². The van der Waals surface area contributed by atoms with Gasteiger partial charge in [0, 0.05) is 6.42 Å². The minimum absolute atomic E-state index is 0.0888. The van der Waals surface area contributed by atoms with Crippen LogP contribution in [0, 0.1) is 5.92 Å². The third-order valence-corrected chi connectivity index (χ3v) is 5.93. The van der Waals surface area contributed by atoms with Gasteiger partial charge in [-0.15, -0.1) is 0 Å². The molecule has 1 atom stereocenters. The second-order valence-electron chi connectivity index (χ2n) is 8.48. The molecule has 1 saturated carbocycles. The zero-order valence-electron chi connectivity index (χ0n) is 17.6. The summed E-state index contributed by atoms with van der Waals surface area (Å²) >= 11 is 0. The first-order chi connectivity index (χ1) is 13.1. The molecule has 0 radical (unpaired) electrons. The standard InChI is InChI=1S/C23H43NO3/c1-2-3-4-5-6-7-8-9-10-11-15-18-22(25)24-21(23(26)27)19-20-16-13-12-14-17-20/h20-21H,2-19H2,1H3,(H,24,25)(H,26,27)/t21-/m0/s1. The van der Waals surface area contributed by atoms with Gasteiger partial charge in [-0.25, -0.2) is 4.79 Å². The van der Waals surface area contributed by atoms with Gasteiger partial charge >= 0.3 is 5.97 Å². The van der Waals surface area contributed by atoms with E-state index in [9.17, 15) is 14.7 Å². The molecule has 158 valence electrons. The van der Waals surface area contributed by atoms with Crippen LogP contribution in [-0.2, 0) is 9.59 Å². The number of hydrogen-bond donors (Lipinski definition) is 2. The van der Waals surface area contributed by atoms with Crippen molar-refractivity contribution >= 4 is 11.9 Å². The number of nitrogens with one attached hydrogen (secondary N) is 1. The monoisotopic (exact) mass is 381 g/mol. The van der Waals surface area contributed by atoms with Gasteiger partial charge in [-0.05, 0) is 18.8 Å². The van der Waals surface area contributed by atoms with Crippen molar-refractivity contribution in [3.63, 3.8) is 0 Å². The van der Waals surface area contributed by atoms with Crippen molar-refractivity contribution in [2.45, 2.75) is 129 Å².